The molecule has 0 bridgehead atoms. The first-order chi connectivity index (χ1) is 5.24. The van der Waals surface area contributed by atoms with Crippen molar-refractivity contribution < 1.29 is 4.74 Å². The molecule has 3 nitrogen and oxygen atoms in total. The third-order valence-corrected chi connectivity index (χ3v) is 1.27. The van der Waals surface area contributed by atoms with E-state index >= 15 is 0 Å². The van der Waals surface area contributed by atoms with E-state index in [1.165, 1.54) is 0 Å². The molecule has 0 atom stereocenters. The summed E-state index contributed by atoms with van der Waals surface area (Å²) in [5, 5.41) is 0. The van der Waals surface area contributed by atoms with Crippen LogP contribution in [0.2, 0.25) is 0 Å². The average Bonchev–Trinajstić information content (AvgIpc) is 2.05. The van der Waals surface area contributed by atoms with Crippen molar-refractivity contribution in [3.8, 4) is 5.88 Å². The van der Waals surface area contributed by atoms with Crippen molar-refractivity contribution in [3.05, 3.63) is 24.7 Å². The predicted molar refractivity (Wildman–Crippen MR) is 43.3 cm³/mol. The molecule has 58 valence electrons. The second-order valence-electron chi connectivity index (χ2n) is 2.22. The monoisotopic (exact) mass is 150 g/mol. The van der Waals surface area contributed by atoms with Crippen molar-refractivity contribution >= 4 is 5.57 Å². The Balaban J connectivity index is 2.91. The summed E-state index contributed by atoms with van der Waals surface area (Å²) in [7, 11) is 1.56. The molecular weight excluding hydrogens is 140 g/mol. The number of nitrogens with zero attached hydrogens (tertiary/aromatic N) is 2. The highest BCUT2D eigenvalue weighted by Crippen LogP contribution is 2.08. The van der Waals surface area contributed by atoms with Gasteiger partial charge in [-0.1, -0.05) is 6.58 Å². The van der Waals surface area contributed by atoms with Crippen molar-refractivity contribution in [1.29, 1.82) is 0 Å². The van der Waals surface area contributed by atoms with Gasteiger partial charge in [0.25, 0.3) is 0 Å². The molecule has 3 heteroatoms. The van der Waals surface area contributed by atoms with Crippen LogP contribution in [-0.4, -0.2) is 17.1 Å². The molecule has 0 spiro atoms. The topological polar surface area (TPSA) is 35.0 Å². The van der Waals surface area contributed by atoms with E-state index in [0.717, 1.165) is 11.3 Å². The van der Waals surface area contributed by atoms with Crippen molar-refractivity contribution in [2.75, 3.05) is 7.11 Å². The predicted octanol–water partition coefficient (Wildman–Crippen LogP) is 1.52. The summed E-state index contributed by atoms with van der Waals surface area (Å²) in [6, 6.07) is 0. The van der Waals surface area contributed by atoms with Crippen LogP contribution >= 0.6 is 0 Å². The van der Waals surface area contributed by atoms with Crippen molar-refractivity contribution in [2.24, 2.45) is 0 Å². The molecule has 0 unspecified atom stereocenters. The Morgan fingerprint density at radius 2 is 2.18 bits per heavy atom. The van der Waals surface area contributed by atoms with E-state index in [9.17, 15) is 0 Å². The van der Waals surface area contributed by atoms with Gasteiger partial charge in [0.2, 0.25) is 5.88 Å². The van der Waals surface area contributed by atoms with Gasteiger partial charge in [0.05, 0.1) is 25.2 Å². The molecule has 0 aliphatic heterocycles. The molecule has 0 N–H and O–H groups in total. The molecule has 1 aromatic heterocycles. The van der Waals surface area contributed by atoms with Crippen LogP contribution in [0.3, 0.4) is 0 Å². The molecule has 1 rings (SSSR count). The van der Waals surface area contributed by atoms with E-state index < -0.39 is 0 Å². The molecule has 0 radical (unpaired) electrons. The van der Waals surface area contributed by atoms with E-state index in [0.29, 0.717) is 5.88 Å². The first-order valence-corrected chi connectivity index (χ1v) is 3.26. The first-order valence-electron chi connectivity index (χ1n) is 3.26. The van der Waals surface area contributed by atoms with E-state index in [-0.39, 0.29) is 0 Å². The molecule has 0 saturated carbocycles. The van der Waals surface area contributed by atoms with Gasteiger partial charge in [0, 0.05) is 0 Å². The molecule has 1 heterocycles. The number of ether oxygens (including phenoxy) is 1. The number of rotatable bonds is 2. The normalized spacial score (nSPS) is 9.27. The Labute approximate surface area is 65.8 Å². The van der Waals surface area contributed by atoms with Crippen LogP contribution in [0.25, 0.3) is 5.57 Å². The zero-order valence-corrected chi connectivity index (χ0v) is 6.66. The van der Waals surface area contributed by atoms with Gasteiger partial charge < -0.3 is 4.74 Å². The van der Waals surface area contributed by atoms with E-state index in [2.05, 4.69) is 16.5 Å². The van der Waals surface area contributed by atoms with Crippen LogP contribution in [0, 0.1) is 0 Å². The lowest BCUT2D eigenvalue weighted by molar-refractivity contribution is 0.395. The molecule has 0 fully saturated rings. The van der Waals surface area contributed by atoms with Crippen molar-refractivity contribution in [2.45, 2.75) is 6.92 Å². The highest BCUT2D eigenvalue weighted by Gasteiger charge is 1.95. The van der Waals surface area contributed by atoms with Crippen LogP contribution < -0.4 is 4.74 Å². The number of allylic oxidation sites excluding steroid dienone is 1. The van der Waals surface area contributed by atoms with Gasteiger partial charge in [-0.2, -0.15) is 0 Å². The molecular formula is C8H10N2O. The maximum Gasteiger partial charge on any atom is 0.232 e. The summed E-state index contributed by atoms with van der Waals surface area (Å²) in [4.78, 5) is 8.03. The van der Waals surface area contributed by atoms with E-state index in [4.69, 9.17) is 4.74 Å². The highest BCUT2D eigenvalue weighted by atomic mass is 16.5. The maximum atomic E-state index is 4.85. The minimum atomic E-state index is 0.523. The van der Waals surface area contributed by atoms with E-state index in [1.807, 2.05) is 6.92 Å². The molecule has 11 heavy (non-hydrogen) atoms. The van der Waals surface area contributed by atoms with Crippen LogP contribution in [-0.2, 0) is 0 Å². The van der Waals surface area contributed by atoms with Crippen LogP contribution in [0.4, 0.5) is 0 Å². The van der Waals surface area contributed by atoms with Gasteiger partial charge in [0.1, 0.15) is 0 Å². The van der Waals surface area contributed by atoms with Crippen LogP contribution in [0.15, 0.2) is 19.0 Å². The first kappa shape index (κ1) is 7.72. The van der Waals surface area contributed by atoms with Crippen molar-refractivity contribution in [3.63, 3.8) is 0 Å². The van der Waals surface area contributed by atoms with Crippen molar-refractivity contribution in [1.82, 2.24) is 9.97 Å². The number of hydrogen-bond donors (Lipinski definition) is 0. The fraction of sp³-hybridized carbons (Fsp3) is 0.250. The second kappa shape index (κ2) is 3.14. The lowest BCUT2D eigenvalue weighted by Crippen LogP contribution is -1.91. The minimum Gasteiger partial charge on any atom is -0.480 e. The second-order valence-corrected chi connectivity index (χ2v) is 2.22. The molecule has 1 aromatic rings. The van der Waals surface area contributed by atoms with Gasteiger partial charge in [-0.05, 0) is 12.5 Å². The SMILES string of the molecule is C=C(C)c1cnc(OC)cn1. The van der Waals surface area contributed by atoms with Crippen LogP contribution in [0.1, 0.15) is 12.6 Å². The summed E-state index contributed by atoms with van der Waals surface area (Å²) < 4.78 is 4.85. The molecule has 0 aliphatic rings. The summed E-state index contributed by atoms with van der Waals surface area (Å²) in [6.45, 7) is 5.62. The molecule has 0 aromatic carbocycles. The number of hydrogen-bond acceptors (Lipinski definition) is 3. The Kier molecular flexibility index (Phi) is 2.21. The van der Waals surface area contributed by atoms with Crippen LogP contribution in [0.5, 0.6) is 5.88 Å². The highest BCUT2D eigenvalue weighted by molar-refractivity contribution is 5.56. The maximum absolute atomic E-state index is 4.85. The summed E-state index contributed by atoms with van der Waals surface area (Å²) in [5.74, 6) is 0.523. The smallest absolute Gasteiger partial charge is 0.232 e. The molecule has 0 aliphatic carbocycles. The summed E-state index contributed by atoms with van der Waals surface area (Å²) in [6.07, 6.45) is 3.21. The Morgan fingerprint density at radius 1 is 1.45 bits per heavy atom. The largest absolute Gasteiger partial charge is 0.480 e. The quantitative estimate of drug-likeness (QED) is 0.641. The Hall–Kier alpha value is -1.38. The zero-order valence-electron chi connectivity index (χ0n) is 6.66. The summed E-state index contributed by atoms with van der Waals surface area (Å²) in [5.41, 5.74) is 1.70. The lowest BCUT2D eigenvalue weighted by Gasteiger charge is -1.99. The Bertz CT molecular complexity index is 253. The van der Waals surface area contributed by atoms with Gasteiger partial charge in [-0.15, -0.1) is 0 Å². The third-order valence-electron chi connectivity index (χ3n) is 1.27. The van der Waals surface area contributed by atoms with Gasteiger partial charge in [-0.3, -0.25) is 0 Å². The third kappa shape index (κ3) is 1.77. The van der Waals surface area contributed by atoms with E-state index in [1.54, 1.807) is 19.5 Å². The average molecular weight is 150 g/mol. The van der Waals surface area contributed by atoms with Gasteiger partial charge >= 0.3 is 0 Å². The number of aromatic nitrogens is 2. The molecule has 0 saturated heterocycles. The van der Waals surface area contributed by atoms with Gasteiger partial charge in [0.15, 0.2) is 0 Å². The van der Waals surface area contributed by atoms with Gasteiger partial charge in [-0.25, -0.2) is 9.97 Å². The fourth-order valence-electron chi connectivity index (χ4n) is 0.642. The summed E-state index contributed by atoms with van der Waals surface area (Å²) >= 11 is 0. The zero-order chi connectivity index (χ0) is 8.27. The lowest BCUT2D eigenvalue weighted by atomic mass is 10.3. The fourth-order valence-corrected chi connectivity index (χ4v) is 0.642. The minimum absolute atomic E-state index is 0.523. The number of methoxy groups -OCH3 is 1. The molecule has 0 amide bonds. The standard InChI is InChI=1S/C8H10N2O/c1-6(2)7-4-10-8(11-3)5-9-7/h4-5H,1H2,2-3H3. The Morgan fingerprint density at radius 3 is 2.55 bits per heavy atom.